The van der Waals surface area contributed by atoms with Crippen LogP contribution in [0.25, 0.3) is 0 Å². The third-order valence-corrected chi connectivity index (χ3v) is 2.02. The van der Waals surface area contributed by atoms with Crippen molar-refractivity contribution in [3.63, 3.8) is 0 Å². The molecule has 14 heavy (non-hydrogen) atoms. The van der Waals surface area contributed by atoms with Crippen molar-refractivity contribution < 1.29 is 16.4 Å². The van der Waals surface area contributed by atoms with Crippen molar-refractivity contribution in [3.8, 4) is 11.5 Å². The number of nitrogens with one attached hydrogen (secondary N) is 1. The molecule has 1 unspecified atom stereocenters. The molecular formula is C11H15NO2. The molecule has 76 valence electrons. The van der Waals surface area contributed by atoms with Crippen molar-refractivity contribution in [2.75, 3.05) is 13.8 Å². The standard InChI is InChI=1S/C11H15NO2/c1-8(12-2)5-9-3-4-10-11(6-9)14-7-13-10/h3-4,6,8,12H,5,7H2,1-2H3/i3D,4D,6D,8D/hD. The Morgan fingerprint density at radius 1 is 1.64 bits per heavy atom. The molecule has 0 saturated carbocycles. The van der Waals surface area contributed by atoms with Crippen LogP contribution >= 0.6 is 0 Å². The number of hydrogen-bond acceptors (Lipinski definition) is 3. The van der Waals surface area contributed by atoms with Crippen molar-refractivity contribution in [2.24, 2.45) is 0 Å². The molecule has 0 amide bonds. The lowest BCUT2D eigenvalue weighted by Crippen LogP contribution is -2.23. The Labute approximate surface area is 91.1 Å². The average molecular weight is 198 g/mol. The van der Waals surface area contributed by atoms with Gasteiger partial charge in [0.2, 0.25) is 6.79 Å². The highest BCUT2D eigenvalue weighted by Crippen LogP contribution is 2.32. The number of hydrogen-bond donors (Lipinski definition) is 1. The largest absolute Gasteiger partial charge is 0.454 e. The lowest BCUT2D eigenvalue weighted by Gasteiger charge is -2.09. The summed E-state index contributed by atoms with van der Waals surface area (Å²) in [5.74, 6) is 0.268. The third-order valence-electron chi connectivity index (χ3n) is 2.02. The average Bonchev–Trinajstić information content (AvgIpc) is 2.81. The normalized spacial score (nSPS) is 23.2. The smallest absolute Gasteiger partial charge is 0.231 e. The molecule has 2 rings (SSSR count). The van der Waals surface area contributed by atoms with E-state index < -0.39 is 6.02 Å². The van der Waals surface area contributed by atoms with Crippen LogP contribution in [0.15, 0.2) is 18.1 Å². The van der Waals surface area contributed by atoms with Crippen LogP contribution in [0.2, 0.25) is 1.41 Å². The summed E-state index contributed by atoms with van der Waals surface area (Å²) in [5.41, 5.74) is 0.228. The molecule has 3 heteroatoms. The second-order valence-corrected chi connectivity index (χ2v) is 3.05. The van der Waals surface area contributed by atoms with Gasteiger partial charge in [0.1, 0.15) is 1.41 Å². The highest BCUT2D eigenvalue weighted by molar-refractivity contribution is 5.44. The van der Waals surface area contributed by atoms with Crippen molar-refractivity contribution in [3.05, 3.63) is 23.7 Å². The van der Waals surface area contributed by atoms with Crippen LogP contribution in [0.4, 0.5) is 0 Å². The Balaban J connectivity index is 2.50. The van der Waals surface area contributed by atoms with Crippen molar-refractivity contribution in [2.45, 2.75) is 19.4 Å². The summed E-state index contributed by atoms with van der Waals surface area (Å²) in [7, 11) is 1.44. The molecule has 1 aliphatic rings. The van der Waals surface area contributed by atoms with Crippen molar-refractivity contribution in [1.82, 2.24) is 5.31 Å². The second kappa shape index (κ2) is 3.88. The molecule has 3 nitrogen and oxygen atoms in total. The minimum atomic E-state index is -1.29. The van der Waals surface area contributed by atoms with Crippen LogP contribution in [-0.2, 0) is 6.42 Å². The Morgan fingerprint density at radius 3 is 3.21 bits per heavy atom. The molecule has 1 aliphatic heterocycles. The van der Waals surface area contributed by atoms with Crippen LogP contribution in [0.5, 0.6) is 11.5 Å². The first-order valence-corrected chi connectivity index (χ1v) is 4.36. The summed E-state index contributed by atoms with van der Waals surface area (Å²) in [5, 5.41) is 0.958. The maximum absolute atomic E-state index is 8.02. The van der Waals surface area contributed by atoms with Crippen LogP contribution in [0, 0.1) is 0 Å². The second-order valence-electron chi connectivity index (χ2n) is 3.05. The van der Waals surface area contributed by atoms with Gasteiger partial charge in [-0.15, -0.1) is 0 Å². The Hall–Kier alpha value is -1.22. The maximum atomic E-state index is 8.02. The van der Waals surface area contributed by atoms with Crippen molar-refractivity contribution >= 4 is 0 Å². The summed E-state index contributed by atoms with van der Waals surface area (Å²) >= 11 is 0. The van der Waals surface area contributed by atoms with Gasteiger partial charge >= 0.3 is 0 Å². The van der Waals surface area contributed by atoms with E-state index in [1.54, 1.807) is 0 Å². The molecule has 0 aromatic heterocycles. The molecule has 0 aliphatic carbocycles. The molecule has 0 spiro atoms. The number of rotatable bonds is 3. The van der Waals surface area contributed by atoms with Crippen LogP contribution in [0.1, 0.15) is 18.0 Å². The molecule has 1 aromatic carbocycles. The molecular weight excluding hydrogens is 178 g/mol. The van der Waals surface area contributed by atoms with Gasteiger partial charge in [0.15, 0.2) is 11.5 Å². The minimum Gasteiger partial charge on any atom is -0.454 e. The van der Waals surface area contributed by atoms with E-state index in [4.69, 9.17) is 16.4 Å². The molecule has 1 aromatic rings. The molecule has 0 radical (unpaired) electrons. The van der Waals surface area contributed by atoms with E-state index in [0.717, 1.165) is 5.31 Å². The van der Waals surface area contributed by atoms with Crippen LogP contribution in [-0.4, -0.2) is 19.9 Å². The molecule has 1 atom stereocenters. The van der Waals surface area contributed by atoms with E-state index in [2.05, 4.69) is 0 Å². The summed E-state index contributed by atoms with van der Waals surface area (Å²) < 4.78 is 49.5. The first kappa shape index (κ1) is 5.03. The van der Waals surface area contributed by atoms with Gasteiger partial charge in [-0.1, -0.05) is 6.04 Å². The first-order valence-electron chi connectivity index (χ1n) is 6.81. The van der Waals surface area contributed by atoms with Crippen LogP contribution < -0.4 is 14.8 Å². The highest BCUT2D eigenvalue weighted by atomic mass is 16.7. The zero-order valence-corrected chi connectivity index (χ0v) is 8.18. The van der Waals surface area contributed by atoms with Gasteiger partial charge in [0, 0.05) is 7.39 Å². The van der Waals surface area contributed by atoms with E-state index in [0.29, 0.717) is 0 Å². The van der Waals surface area contributed by atoms with E-state index in [-0.39, 0.29) is 48.4 Å². The fourth-order valence-corrected chi connectivity index (χ4v) is 1.19. The molecule has 1 N–H and O–H groups in total. The van der Waals surface area contributed by atoms with E-state index in [1.165, 1.54) is 14.0 Å². The van der Waals surface area contributed by atoms with Crippen LogP contribution in [0.3, 0.4) is 0 Å². The molecule has 0 bridgehead atoms. The predicted molar refractivity (Wildman–Crippen MR) is 54.8 cm³/mol. The lowest BCUT2D eigenvalue weighted by atomic mass is 10.1. The monoisotopic (exact) mass is 198 g/mol. The van der Waals surface area contributed by atoms with Crippen molar-refractivity contribution in [1.29, 1.82) is 0 Å². The van der Waals surface area contributed by atoms with Gasteiger partial charge < -0.3 is 14.8 Å². The van der Waals surface area contributed by atoms with Gasteiger partial charge in [-0.3, -0.25) is 0 Å². The first-order chi connectivity index (χ1) is 8.75. The van der Waals surface area contributed by atoms with Gasteiger partial charge in [-0.05, 0) is 38.0 Å². The fourth-order valence-electron chi connectivity index (χ4n) is 1.19. The Kier molecular flexibility index (Phi) is 1.39. The minimum absolute atomic E-state index is 0.00676. The third kappa shape index (κ3) is 1.82. The molecule has 0 fully saturated rings. The number of likely N-dealkylation sites (N-methyl/N-ethyl adjacent to an activating group) is 1. The number of ether oxygens (including phenoxy) is 2. The molecule has 0 saturated heterocycles. The molecule has 1 heterocycles. The quantitative estimate of drug-likeness (QED) is 0.799. The Bertz CT molecular complexity index is 519. The highest BCUT2D eigenvalue weighted by Gasteiger charge is 2.13. The summed E-state index contributed by atoms with van der Waals surface area (Å²) in [6.45, 7) is 1.46. The Morgan fingerprint density at radius 2 is 2.43 bits per heavy atom. The SMILES string of the molecule is [2H]c1c([2H])c2c(c([2H])c1CC([2H])(C)N([2H])C)OCO2. The topological polar surface area (TPSA) is 30.5 Å². The summed E-state index contributed by atoms with van der Waals surface area (Å²) in [4.78, 5) is 0. The lowest BCUT2D eigenvalue weighted by molar-refractivity contribution is 0.174. The van der Waals surface area contributed by atoms with Gasteiger partial charge in [0.05, 0.1) is 4.11 Å². The van der Waals surface area contributed by atoms with Gasteiger partial charge in [-0.25, -0.2) is 0 Å². The zero-order chi connectivity index (χ0) is 14.4. The zero-order valence-electron chi connectivity index (χ0n) is 13.2. The van der Waals surface area contributed by atoms with Gasteiger partial charge in [0.25, 0.3) is 0 Å². The number of benzene rings is 1. The number of fused-ring (bicyclic) bond motifs is 1. The summed E-state index contributed by atoms with van der Waals surface area (Å²) in [6.07, 6.45) is -0.00676. The van der Waals surface area contributed by atoms with E-state index in [9.17, 15) is 0 Å². The van der Waals surface area contributed by atoms with E-state index in [1.807, 2.05) is 0 Å². The van der Waals surface area contributed by atoms with Gasteiger partial charge in [-0.2, -0.15) is 0 Å². The fraction of sp³-hybridized carbons (Fsp3) is 0.455. The maximum Gasteiger partial charge on any atom is 0.231 e. The predicted octanol–water partition coefficient (Wildman–Crippen LogP) is 1.57. The van der Waals surface area contributed by atoms with E-state index >= 15 is 0 Å². The summed E-state index contributed by atoms with van der Waals surface area (Å²) in [6, 6.07) is -1.60.